The molecule has 0 amide bonds. The third-order valence-electron chi connectivity index (χ3n) is 5.10. The molecule has 0 aromatic heterocycles. The lowest BCUT2D eigenvalue weighted by atomic mass is 9.98. The van der Waals surface area contributed by atoms with E-state index >= 15 is 0 Å². The SMILES string of the molecule is COC(=O)CC1COc2cc(OCc3cccc(C#Cc4ccc(N)cc4)c3)ccc21. The van der Waals surface area contributed by atoms with E-state index in [1.807, 2.05) is 66.7 Å². The predicted molar refractivity (Wildman–Crippen MR) is 119 cm³/mol. The van der Waals surface area contributed by atoms with Gasteiger partial charge in [0.2, 0.25) is 0 Å². The molecular formula is C26H23NO4. The van der Waals surface area contributed by atoms with Gasteiger partial charge in [-0.2, -0.15) is 0 Å². The van der Waals surface area contributed by atoms with E-state index < -0.39 is 0 Å². The molecule has 1 heterocycles. The molecule has 0 saturated heterocycles. The first kappa shape index (κ1) is 20.4. The minimum absolute atomic E-state index is 0.0211. The summed E-state index contributed by atoms with van der Waals surface area (Å²) in [6, 6.07) is 21.2. The van der Waals surface area contributed by atoms with Gasteiger partial charge in [0, 0.05) is 34.4 Å². The van der Waals surface area contributed by atoms with Crippen LogP contribution in [0, 0.1) is 11.8 Å². The van der Waals surface area contributed by atoms with E-state index in [0.717, 1.165) is 39.4 Å². The number of ether oxygens (including phenoxy) is 3. The van der Waals surface area contributed by atoms with Crippen LogP contribution in [0.4, 0.5) is 5.69 Å². The number of nitrogen functional groups attached to an aromatic ring is 1. The number of hydrogen-bond donors (Lipinski definition) is 1. The van der Waals surface area contributed by atoms with Gasteiger partial charge in [-0.3, -0.25) is 4.79 Å². The third kappa shape index (κ3) is 5.18. The minimum atomic E-state index is -0.235. The highest BCUT2D eigenvalue weighted by molar-refractivity contribution is 5.71. The van der Waals surface area contributed by atoms with Gasteiger partial charge in [0.15, 0.2) is 0 Å². The largest absolute Gasteiger partial charge is 0.492 e. The van der Waals surface area contributed by atoms with Crippen molar-refractivity contribution >= 4 is 11.7 Å². The molecule has 0 radical (unpaired) electrons. The van der Waals surface area contributed by atoms with Gasteiger partial charge in [0.25, 0.3) is 0 Å². The molecule has 2 N–H and O–H groups in total. The summed E-state index contributed by atoms with van der Waals surface area (Å²) < 4.78 is 16.4. The van der Waals surface area contributed by atoms with Crippen molar-refractivity contribution in [3.8, 4) is 23.3 Å². The van der Waals surface area contributed by atoms with Crippen LogP contribution in [0.15, 0.2) is 66.7 Å². The highest BCUT2D eigenvalue weighted by atomic mass is 16.5. The Kier molecular flexibility index (Phi) is 6.09. The molecule has 1 unspecified atom stereocenters. The summed E-state index contributed by atoms with van der Waals surface area (Å²) in [6.45, 7) is 0.893. The molecule has 0 spiro atoms. The Morgan fingerprint density at radius 2 is 1.87 bits per heavy atom. The van der Waals surface area contributed by atoms with Crippen LogP contribution in [0.5, 0.6) is 11.5 Å². The molecule has 3 aromatic carbocycles. The van der Waals surface area contributed by atoms with Gasteiger partial charge in [0.1, 0.15) is 18.1 Å². The molecule has 1 atom stereocenters. The van der Waals surface area contributed by atoms with Crippen molar-refractivity contribution in [1.29, 1.82) is 0 Å². The average molecular weight is 413 g/mol. The van der Waals surface area contributed by atoms with Crippen LogP contribution in [-0.4, -0.2) is 19.7 Å². The number of esters is 1. The summed E-state index contributed by atoms with van der Waals surface area (Å²) in [4.78, 5) is 11.6. The quantitative estimate of drug-likeness (QED) is 0.384. The smallest absolute Gasteiger partial charge is 0.306 e. The van der Waals surface area contributed by atoms with Gasteiger partial charge in [0.05, 0.1) is 20.1 Å². The summed E-state index contributed by atoms with van der Waals surface area (Å²) in [5.41, 5.74) is 10.3. The number of carbonyl (C=O) groups is 1. The number of carbonyl (C=O) groups excluding carboxylic acids is 1. The first-order valence-electron chi connectivity index (χ1n) is 10.0. The molecule has 156 valence electrons. The topological polar surface area (TPSA) is 70.8 Å². The van der Waals surface area contributed by atoms with Gasteiger partial charge in [-0.15, -0.1) is 0 Å². The van der Waals surface area contributed by atoms with Crippen molar-refractivity contribution in [2.75, 3.05) is 19.5 Å². The molecule has 0 bridgehead atoms. The molecule has 31 heavy (non-hydrogen) atoms. The van der Waals surface area contributed by atoms with Crippen LogP contribution < -0.4 is 15.2 Å². The van der Waals surface area contributed by atoms with E-state index in [2.05, 4.69) is 11.8 Å². The van der Waals surface area contributed by atoms with Gasteiger partial charge in [-0.05, 0) is 48.0 Å². The monoisotopic (exact) mass is 413 g/mol. The lowest BCUT2D eigenvalue weighted by molar-refractivity contribution is -0.141. The predicted octanol–water partition coefficient (Wildman–Crippen LogP) is 4.29. The van der Waals surface area contributed by atoms with Gasteiger partial charge in [-0.25, -0.2) is 0 Å². The highest BCUT2D eigenvalue weighted by Gasteiger charge is 2.27. The summed E-state index contributed by atoms with van der Waals surface area (Å²) in [5.74, 6) is 7.58. The Labute approximate surface area is 181 Å². The fourth-order valence-corrected chi connectivity index (χ4v) is 3.42. The van der Waals surface area contributed by atoms with Crippen molar-refractivity contribution < 1.29 is 19.0 Å². The molecule has 1 aliphatic rings. The number of anilines is 1. The van der Waals surface area contributed by atoms with Gasteiger partial charge < -0.3 is 19.9 Å². The van der Waals surface area contributed by atoms with E-state index in [1.54, 1.807) is 0 Å². The Morgan fingerprint density at radius 3 is 2.68 bits per heavy atom. The lowest BCUT2D eigenvalue weighted by Crippen LogP contribution is -2.09. The Hall–Kier alpha value is -3.91. The molecular weight excluding hydrogens is 390 g/mol. The van der Waals surface area contributed by atoms with Crippen molar-refractivity contribution in [2.45, 2.75) is 18.9 Å². The van der Waals surface area contributed by atoms with Crippen molar-refractivity contribution in [1.82, 2.24) is 0 Å². The zero-order valence-corrected chi connectivity index (χ0v) is 17.3. The highest BCUT2D eigenvalue weighted by Crippen LogP contribution is 2.38. The van der Waals surface area contributed by atoms with Crippen LogP contribution in [0.3, 0.4) is 0 Å². The zero-order chi connectivity index (χ0) is 21.6. The van der Waals surface area contributed by atoms with E-state index in [4.69, 9.17) is 19.9 Å². The van der Waals surface area contributed by atoms with E-state index in [0.29, 0.717) is 19.6 Å². The van der Waals surface area contributed by atoms with Crippen LogP contribution in [0.25, 0.3) is 0 Å². The molecule has 1 aliphatic heterocycles. The zero-order valence-electron chi connectivity index (χ0n) is 17.3. The summed E-state index contributed by atoms with van der Waals surface area (Å²) in [6.07, 6.45) is 0.313. The third-order valence-corrected chi connectivity index (χ3v) is 5.10. The first-order valence-corrected chi connectivity index (χ1v) is 10.0. The van der Waals surface area contributed by atoms with Crippen LogP contribution in [-0.2, 0) is 16.1 Å². The first-order chi connectivity index (χ1) is 15.1. The Bertz CT molecular complexity index is 1140. The number of fused-ring (bicyclic) bond motifs is 1. The maximum absolute atomic E-state index is 11.6. The number of rotatable bonds is 5. The van der Waals surface area contributed by atoms with Crippen LogP contribution in [0.1, 0.15) is 34.6 Å². The fourth-order valence-electron chi connectivity index (χ4n) is 3.42. The van der Waals surface area contributed by atoms with E-state index in [1.165, 1.54) is 7.11 Å². The molecule has 0 fully saturated rings. The van der Waals surface area contributed by atoms with Crippen LogP contribution >= 0.6 is 0 Å². The number of benzene rings is 3. The molecule has 5 nitrogen and oxygen atoms in total. The maximum atomic E-state index is 11.6. The second-order valence-corrected chi connectivity index (χ2v) is 7.35. The Balaban J connectivity index is 1.39. The van der Waals surface area contributed by atoms with Gasteiger partial charge in [-0.1, -0.05) is 30.0 Å². The molecule has 0 saturated carbocycles. The normalized spacial score (nSPS) is 14.0. The Morgan fingerprint density at radius 1 is 1.06 bits per heavy atom. The fraction of sp³-hybridized carbons (Fsp3) is 0.192. The van der Waals surface area contributed by atoms with E-state index in [-0.39, 0.29) is 11.9 Å². The molecule has 3 aromatic rings. The van der Waals surface area contributed by atoms with Gasteiger partial charge >= 0.3 is 5.97 Å². The van der Waals surface area contributed by atoms with Crippen LogP contribution in [0.2, 0.25) is 0 Å². The molecule has 0 aliphatic carbocycles. The number of methoxy groups -OCH3 is 1. The van der Waals surface area contributed by atoms with E-state index in [9.17, 15) is 4.79 Å². The molecule has 4 rings (SSSR count). The number of hydrogen-bond acceptors (Lipinski definition) is 5. The summed E-state index contributed by atoms with van der Waals surface area (Å²) >= 11 is 0. The van der Waals surface area contributed by atoms with Crippen molar-refractivity contribution in [2.24, 2.45) is 0 Å². The summed E-state index contributed by atoms with van der Waals surface area (Å²) in [5, 5.41) is 0. The lowest BCUT2D eigenvalue weighted by Gasteiger charge is -2.09. The van der Waals surface area contributed by atoms with Crippen molar-refractivity contribution in [3.05, 3.63) is 89.0 Å². The second-order valence-electron chi connectivity index (χ2n) is 7.35. The standard InChI is InChI=1S/C26H23NO4/c1-29-26(28)14-21-17-31-25-15-23(11-12-24(21)25)30-16-20-4-2-3-19(13-20)6-5-18-7-9-22(27)10-8-18/h2-4,7-13,15,21H,14,16-17,27H2,1H3. The second kappa shape index (κ2) is 9.27. The summed E-state index contributed by atoms with van der Waals surface area (Å²) in [7, 11) is 1.40. The molecule has 5 heteroatoms. The maximum Gasteiger partial charge on any atom is 0.306 e. The average Bonchev–Trinajstić information content (AvgIpc) is 3.19. The minimum Gasteiger partial charge on any atom is -0.492 e. The number of nitrogens with two attached hydrogens (primary N) is 1. The van der Waals surface area contributed by atoms with Crippen molar-refractivity contribution in [3.63, 3.8) is 0 Å².